The lowest BCUT2D eigenvalue weighted by atomic mass is 10.0. The molecular formula is C27H24F3N3O2. The van der Waals surface area contributed by atoms with E-state index in [0.29, 0.717) is 29.4 Å². The fourth-order valence-corrected chi connectivity index (χ4v) is 4.10. The molecule has 8 heteroatoms. The van der Waals surface area contributed by atoms with Gasteiger partial charge in [-0.1, -0.05) is 24.3 Å². The molecule has 2 aromatic heterocycles. The normalized spacial score (nSPS) is 15.9. The Kier molecular flexibility index (Phi) is 6.30. The first-order valence-electron chi connectivity index (χ1n) is 11.4. The van der Waals surface area contributed by atoms with Gasteiger partial charge in [0, 0.05) is 36.0 Å². The van der Waals surface area contributed by atoms with E-state index in [4.69, 9.17) is 9.47 Å². The van der Waals surface area contributed by atoms with Crippen molar-refractivity contribution in [3.63, 3.8) is 0 Å². The minimum atomic E-state index is -4.39. The Hall–Kier alpha value is -3.65. The molecule has 0 radical (unpaired) electrons. The maximum atomic E-state index is 13.2. The first kappa shape index (κ1) is 23.1. The number of aromatic nitrogens is 3. The van der Waals surface area contributed by atoms with E-state index in [2.05, 4.69) is 10.1 Å². The molecule has 1 atom stereocenters. The maximum absolute atomic E-state index is 13.2. The maximum Gasteiger partial charge on any atom is 0.416 e. The summed E-state index contributed by atoms with van der Waals surface area (Å²) in [6.07, 6.45) is 3.66. The number of hydrogen-bond donors (Lipinski definition) is 0. The summed E-state index contributed by atoms with van der Waals surface area (Å²) in [4.78, 5) is 4.30. The monoisotopic (exact) mass is 479 g/mol. The van der Waals surface area contributed by atoms with E-state index in [1.54, 1.807) is 29.3 Å². The van der Waals surface area contributed by atoms with Gasteiger partial charge in [0.1, 0.15) is 5.75 Å². The summed E-state index contributed by atoms with van der Waals surface area (Å²) in [5.74, 6) is 1.08. The first-order chi connectivity index (χ1) is 16.9. The Balaban J connectivity index is 1.39. The van der Waals surface area contributed by atoms with Gasteiger partial charge in [0.25, 0.3) is 0 Å². The van der Waals surface area contributed by atoms with E-state index in [0.717, 1.165) is 54.1 Å². The molecule has 0 aliphatic carbocycles. The highest BCUT2D eigenvalue weighted by atomic mass is 19.4. The Labute approximate surface area is 201 Å². The van der Waals surface area contributed by atoms with Crippen LogP contribution in [0, 0.1) is 12.8 Å². The molecule has 180 valence electrons. The molecule has 0 amide bonds. The van der Waals surface area contributed by atoms with E-state index in [-0.39, 0.29) is 0 Å². The number of ether oxygens (including phenoxy) is 2. The lowest BCUT2D eigenvalue weighted by Crippen LogP contribution is -2.11. The molecule has 1 unspecified atom stereocenters. The topological polar surface area (TPSA) is 49.2 Å². The van der Waals surface area contributed by atoms with Crippen LogP contribution in [0.3, 0.4) is 0 Å². The molecule has 4 aromatic rings. The van der Waals surface area contributed by atoms with Crippen LogP contribution in [0.4, 0.5) is 13.2 Å². The predicted octanol–water partition coefficient (Wildman–Crippen LogP) is 6.34. The summed E-state index contributed by atoms with van der Waals surface area (Å²) < 4.78 is 52.6. The van der Waals surface area contributed by atoms with Crippen LogP contribution in [0.2, 0.25) is 0 Å². The van der Waals surface area contributed by atoms with Crippen LogP contribution >= 0.6 is 0 Å². The third-order valence-corrected chi connectivity index (χ3v) is 6.12. The molecule has 0 N–H and O–H groups in total. The van der Waals surface area contributed by atoms with Gasteiger partial charge in [0.2, 0.25) is 0 Å². The molecule has 1 aliphatic heterocycles. The number of benzene rings is 2. The molecule has 0 saturated carbocycles. The van der Waals surface area contributed by atoms with Crippen molar-refractivity contribution in [3.05, 3.63) is 84.4 Å². The molecule has 3 heterocycles. The van der Waals surface area contributed by atoms with Crippen LogP contribution in [0.15, 0.2) is 73.3 Å². The van der Waals surface area contributed by atoms with Crippen molar-refractivity contribution in [3.8, 4) is 33.7 Å². The van der Waals surface area contributed by atoms with Gasteiger partial charge in [0.05, 0.1) is 36.9 Å². The lowest BCUT2D eigenvalue weighted by molar-refractivity contribution is -0.137. The third kappa shape index (κ3) is 5.22. The second kappa shape index (κ2) is 9.54. The number of aryl methyl sites for hydroxylation is 1. The zero-order chi connectivity index (χ0) is 24.4. The molecule has 5 rings (SSSR count). The van der Waals surface area contributed by atoms with Crippen LogP contribution in [-0.4, -0.2) is 34.6 Å². The number of hydrogen-bond acceptors (Lipinski definition) is 4. The average Bonchev–Trinajstić information content (AvgIpc) is 3.55. The second-order valence-electron chi connectivity index (χ2n) is 8.70. The molecule has 35 heavy (non-hydrogen) atoms. The van der Waals surface area contributed by atoms with Crippen molar-refractivity contribution < 1.29 is 22.6 Å². The van der Waals surface area contributed by atoms with E-state index in [9.17, 15) is 13.2 Å². The van der Waals surface area contributed by atoms with Crippen molar-refractivity contribution in [2.75, 3.05) is 19.8 Å². The number of pyridine rings is 1. The van der Waals surface area contributed by atoms with Crippen LogP contribution < -0.4 is 4.74 Å². The molecule has 2 aromatic carbocycles. The van der Waals surface area contributed by atoms with Crippen molar-refractivity contribution >= 4 is 0 Å². The number of halogens is 3. The zero-order valence-corrected chi connectivity index (χ0v) is 19.1. The number of rotatable bonds is 6. The quantitative estimate of drug-likeness (QED) is 0.324. The van der Waals surface area contributed by atoms with E-state index < -0.39 is 11.7 Å². The minimum absolute atomic E-state index is 0.397. The van der Waals surface area contributed by atoms with E-state index in [1.807, 2.05) is 37.4 Å². The molecule has 1 aliphatic rings. The van der Waals surface area contributed by atoms with Crippen LogP contribution in [0.5, 0.6) is 5.75 Å². The fraction of sp³-hybridized carbons (Fsp3) is 0.259. The summed E-state index contributed by atoms with van der Waals surface area (Å²) in [5, 5.41) is 4.51. The summed E-state index contributed by atoms with van der Waals surface area (Å²) in [5.41, 5.74) is 3.96. The Morgan fingerprint density at radius 1 is 1.00 bits per heavy atom. The highest BCUT2D eigenvalue weighted by Gasteiger charge is 2.30. The van der Waals surface area contributed by atoms with Crippen molar-refractivity contribution in [2.45, 2.75) is 19.5 Å². The highest BCUT2D eigenvalue weighted by molar-refractivity contribution is 5.69. The largest absolute Gasteiger partial charge is 0.492 e. The summed E-state index contributed by atoms with van der Waals surface area (Å²) >= 11 is 0. The number of alkyl halides is 3. The average molecular weight is 480 g/mol. The molecular weight excluding hydrogens is 455 g/mol. The van der Waals surface area contributed by atoms with Gasteiger partial charge >= 0.3 is 6.18 Å². The Morgan fingerprint density at radius 3 is 2.66 bits per heavy atom. The highest BCUT2D eigenvalue weighted by Crippen LogP contribution is 2.33. The Bertz CT molecular complexity index is 1330. The van der Waals surface area contributed by atoms with Gasteiger partial charge in [-0.05, 0) is 54.3 Å². The van der Waals surface area contributed by atoms with Gasteiger partial charge in [-0.3, -0.25) is 4.98 Å². The minimum Gasteiger partial charge on any atom is -0.492 e. The van der Waals surface area contributed by atoms with Gasteiger partial charge in [0.15, 0.2) is 0 Å². The first-order valence-corrected chi connectivity index (χ1v) is 11.4. The smallest absolute Gasteiger partial charge is 0.416 e. The van der Waals surface area contributed by atoms with Crippen LogP contribution in [-0.2, 0) is 10.9 Å². The standard InChI is InChI=1S/C27H24F3N3O2/c1-18-5-6-21(20-3-2-4-24(9-20)27(28,29)30)11-26(18)33-15-23(13-32-33)22-10-25(14-31-12-22)35-17-19-7-8-34-16-19/h2-6,9-15,19H,7-8,16-17H2,1H3. The second-order valence-corrected chi connectivity index (χ2v) is 8.70. The van der Waals surface area contributed by atoms with E-state index >= 15 is 0 Å². The molecule has 1 fully saturated rings. The molecule has 5 nitrogen and oxygen atoms in total. The number of nitrogens with zero attached hydrogens (tertiary/aromatic N) is 3. The zero-order valence-electron chi connectivity index (χ0n) is 19.1. The third-order valence-electron chi connectivity index (χ3n) is 6.12. The Morgan fingerprint density at radius 2 is 1.86 bits per heavy atom. The summed E-state index contributed by atoms with van der Waals surface area (Å²) in [7, 11) is 0. The van der Waals surface area contributed by atoms with Crippen molar-refractivity contribution in [1.29, 1.82) is 0 Å². The van der Waals surface area contributed by atoms with Gasteiger partial charge in [-0.2, -0.15) is 18.3 Å². The molecule has 0 bridgehead atoms. The SMILES string of the molecule is Cc1ccc(-c2cccc(C(F)(F)F)c2)cc1-n1cc(-c2cncc(OCC3CCOC3)c2)cn1. The van der Waals surface area contributed by atoms with Gasteiger partial charge in [-0.15, -0.1) is 0 Å². The lowest BCUT2D eigenvalue weighted by Gasteiger charge is -2.12. The predicted molar refractivity (Wildman–Crippen MR) is 126 cm³/mol. The summed E-state index contributed by atoms with van der Waals surface area (Å²) in [6, 6.07) is 12.8. The van der Waals surface area contributed by atoms with Crippen LogP contribution in [0.25, 0.3) is 27.9 Å². The molecule has 0 spiro atoms. The molecule has 1 saturated heterocycles. The van der Waals surface area contributed by atoms with Crippen LogP contribution in [0.1, 0.15) is 17.5 Å². The van der Waals surface area contributed by atoms with Crippen molar-refractivity contribution in [1.82, 2.24) is 14.8 Å². The van der Waals surface area contributed by atoms with Gasteiger partial charge in [-0.25, -0.2) is 4.68 Å². The van der Waals surface area contributed by atoms with Crippen molar-refractivity contribution in [2.24, 2.45) is 5.92 Å². The fourth-order valence-electron chi connectivity index (χ4n) is 4.10. The van der Waals surface area contributed by atoms with Gasteiger partial charge < -0.3 is 9.47 Å². The van der Waals surface area contributed by atoms with E-state index in [1.165, 1.54) is 6.07 Å². The summed E-state index contributed by atoms with van der Waals surface area (Å²) in [6.45, 7) is 4.03.